The summed E-state index contributed by atoms with van der Waals surface area (Å²) in [5, 5.41) is 0. The largest absolute Gasteiger partial charge is 0.486 e. The van der Waals surface area contributed by atoms with Crippen LogP contribution in [0.3, 0.4) is 0 Å². The number of halogens is 1. The van der Waals surface area contributed by atoms with E-state index >= 15 is 0 Å². The summed E-state index contributed by atoms with van der Waals surface area (Å²) >= 11 is 0. The number of piperidine rings is 1. The Balaban J connectivity index is 1.38. The molecule has 1 fully saturated rings. The Morgan fingerprint density at radius 3 is 2.41 bits per heavy atom. The number of carbonyl (C=O) groups excluding carboxylic acids is 1. The number of ether oxygens (including phenoxy) is 2. The van der Waals surface area contributed by atoms with Crippen LogP contribution in [0.15, 0.2) is 42.5 Å². The summed E-state index contributed by atoms with van der Waals surface area (Å²) in [6.45, 7) is 4.92. The molecule has 0 spiro atoms. The summed E-state index contributed by atoms with van der Waals surface area (Å²) in [7, 11) is 0. The zero-order chi connectivity index (χ0) is 18.8. The molecule has 4 nitrogen and oxygen atoms in total. The van der Waals surface area contributed by atoms with Crippen LogP contribution in [0.2, 0.25) is 0 Å². The van der Waals surface area contributed by atoms with Crippen molar-refractivity contribution < 1.29 is 18.7 Å². The SMILES string of the molecule is C[C@H](c1ccc(F)cc1)N1CCC(C(=O)c2ccc3c(c2)OCCO3)CC1. The van der Waals surface area contributed by atoms with Gasteiger partial charge in [0.05, 0.1) is 0 Å². The molecule has 1 atom stereocenters. The molecule has 0 bridgehead atoms. The summed E-state index contributed by atoms with van der Waals surface area (Å²) in [6.07, 6.45) is 1.66. The van der Waals surface area contributed by atoms with Crippen LogP contribution in [0, 0.1) is 11.7 Å². The maximum atomic E-state index is 13.1. The van der Waals surface area contributed by atoms with Crippen molar-refractivity contribution in [3.05, 3.63) is 59.4 Å². The van der Waals surface area contributed by atoms with E-state index in [1.165, 1.54) is 12.1 Å². The molecule has 1 saturated heterocycles. The number of likely N-dealkylation sites (tertiary alicyclic amines) is 1. The maximum absolute atomic E-state index is 13.1. The van der Waals surface area contributed by atoms with Gasteiger partial charge in [-0.05, 0) is 68.8 Å². The van der Waals surface area contributed by atoms with Crippen molar-refractivity contribution >= 4 is 5.78 Å². The van der Waals surface area contributed by atoms with E-state index in [9.17, 15) is 9.18 Å². The molecule has 0 aromatic heterocycles. The van der Waals surface area contributed by atoms with Gasteiger partial charge in [-0.1, -0.05) is 12.1 Å². The molecular formula is C22H24FNO3. The third kappa shape index (κ3) is 3.83. The molecule has 5 heteroatoms. The summed E-state index contributed by atoms with van der Waals surface area (Å²) in [5.41, 5.74) is 1.80. The van der Waals surface area contributed by atoms with Crippen LogP contribution in [-0.2, 0) is 0 Å². The van der Waals surface area contributed by atoms with E-state index in [-0.39, 0.29) is 23.6 Å². The number of hydrogen-bond acceptors (Lipinski definition) is 4. The van der Waals surface area contributed by atoms with E-state index in [0.29, 0.717) is 30.3 Å². The lowest BCUT2D eigenvalue weighted by Gasteiger charge is -2.35. The van der Waals surface area contributed by atoms with E-state index in [1.807, 2.05) is 30.3 Å². The number of fused-ring (bicyclic) bond motifs is 1. The summed E-state index contributed by atoms with van der Waals surface area (Å²) in [4.78, 5) is 15.3. The van der Waals surface area contributed by atoms with Crippen LogP contribution < -0.4 is 9.47 Å². The number of carbonyl (C=O) groups is 1. The van der Waals surface area contributed by atoms with E-state index in [0.717, 1.165) is 31.5 Å². The Morgan fingerprint density at radius 2 is 1.70 bits per heavy atom. The van der Waals surface area contributed by atoms with Gasteiger partial charge in [-0.15, -0.1) is 0 Å². The zero-order valence-corrected chi connectivity index (χ0v) is 15.5. The van der Waals surface area contributed by atoms with Gasteiger partial charge in [0.15, 0.2) is 17.3 Å². The molecule has 0 radical (unpaired) electrons. The van der Waals surface area contributed by atoms with Gasteiger partial charge in [0.1, 0.15) is 19.0 Å². The average Bonchev–Trinajstić information content (AvgIpc) is 2.73. The summed E-state index contributed by atoms with van der Waals surface area (Å²) < 4.78 is 24.3. The van der Waals surface area contributed by atoms with Crippen molar-refractivity contribution in [1.29, 1.82) is 0 Å². The van der Waals surface area contributed by atoms with Crippen LogP contribution in [0.4, 0.5) is 4.39 Å². The second-order valence-corrected chi connectivity index (χ2v) is 7.26. The van der Waals surface area contributed by atoms with Crippen molar-refractivity contribution in [1.82, 2.24) is 4.90 Å². The molecule has 0 N–H and O–H groups in total. The van der Waals surface area contributed by atoms with E-state index in [1.54, 1.807) is 0 Å². The monoisotopic (exact) mass is 369 g/mol. The molecule has 27 heavy (non-hydrogen) atoms. The molecule has 0 saturated carbocycles. The van der Waals surface area contributed by atoms with Crippen LogP contribution >= 0.6 is 0 Å². The Morgan fingerprint density at radius 1 is 1.04 bits per heavy atom. The standard InChI is InChI=1S/C22H24FNO3/c1-15(16-2-5-19(23)6-3-16)24-10-8-17(9-11-24)22(25)18-4-7-20-21(14-18)27-13-12-26-20/h2-7,14-15,17H,8-13H2,1H3/t15-/m1/s1. The van der Waals surface area contributed by atoms with E-state index < -0.39 is 0 Å². The first-order valence-electron chi connectivity index (χ1n) is 9.55. The van der Waals surface area contributed by atoms with E-state index in [2.05, 4.69) is 11.8 Å². The van der Waals surface area contributed by atoms with Crippen molar-refractivity contribution in [3.63, 3.8) is 0 Å². The van der Waals surface area contributed by atoms with Gasteiger partial charge in [-0.3, -0.25) is 9.69 Å². The number of rotatable bonds is 4. The van der Waals surface area contributed by atoms with Gasteiger partial charge in [-0.2, -0.15) is 0 Å². The normalized spacial score (nSPS) is 18.9. The minimum absolute atomic E-state index is 0.0317. The van der Waals surface area contributed by atoms with Gasteiger partial charge in [0.2, 0.25) is 0 Å². The highest BCUT2D eigenvalue weighted by Gasteiger charge is 2.29. The molecule has 4 rings (SSSR count). The summed E-state index contributed by atoms with van der Waals surface area (Å²) in [6, 6.07) is 12.4. The molecule has 0 aliphatic carbocycles. The molecule has 2 aromatic rings. The van der Waals surface area contributed by atoms with Crippen LogP contribution in [0.1, 0.15) is 41.7 Å². The zero-order valence-electron chi connectivity index (χ0n) is 15.5. The Bertz CT molecular complexity index is 813. The summed E-state index contributed by atoms with van der Waals surface area (Å²) in [5.74, 6) is 1.37. The molecule has 0 amide bonds. The highest BCUT2D eigenvalue weighted by atomic mass is 19.1. The minimum Gasteiger partial charge on any atom is -0.486 e. The quantitative estimate of drug-likeness (QED) is 0.755. The lowest BCUT2D eigenvalue weighted by molar-refractivity contribution is 0.0800. The number of benzene rings is 2. The van der Waals surface area contributed by atoms with Gasteiger partial charge in [0.25, 0.3) is 0 Å². The number of hydrogen-bond donors (Lipinski definition) is 0. The topological polar surface area (TPSA) is 38.8 Å². The fraction of sp³-hybridized carbons (Fsp3) is 0.409. The predicted molar refractivity (Wildman–Crippen MR) is 101 cm³/mol. The second kappa shape index (κ2) is 7.69. The fourth-order valence-electron chi connectivity index (χ4n) is 3.93. The lowest BCUT2D eigenvalue weighted by Crippen LogP contribution is -2.38. The maximum Gasteiger partial charge on any atom is 0.166 e. The Labute approximate surface area is 158 Å². The Hall–Kier alpha value is -2.40. The first-order chi connectivity index (χ1) is 13.1. The van der Waals surface area contributed by atoms with Crippen LogP contribution in [0.5, 0.6) is 11.5 Å². The van der Waals surface area contributed by atoms with Crippen LogP contribution in [-0.4, -0.2) is 37.0 Å². The van der Waals surface area contributed by atoms with Gasteiger partial charge < -0.3 is 9.47 Å². The highest BCUT2D eigenvalue weighted by Crippen LogP contribution is 2.33. The van der Waals surface area contributed by atoms with Crippen molar-refractivity contribution in [2.24, 2.45) is 5.92 Å². The molecule has 2 aliphatic rings. The van der Waals surface area contributed by atoms with Crippen molar-refractivity contribution in [2.45, 2.75) is 25.8 Å². The molecule has 2 heterocycles. The lowest BCUT2D eigenvalue weighted by atomic mass is 9.88. The first kappa shape index (κ1) is 18.0. The smallest absolute Gasteiger partial charge is 0.166 e. The molecule has 2 aliphatic heterocycles. The molecule has 2 aromatic carbocycles. The van der Waals surface area contributed by atoms with Gasteiger partial charge in [0, 0.05) is 17.5 Å². The second-order valence-electron chi connectivity index (χ2n) is 7.26. The predicted octanol–water partition coefficient (Wildman–Crippen LogP) is 4.25. The van der Waals surface area contributed by atoms with E-state index in [4.69, 9.17) is 9.47 Å². The van der Waals surface area contributed by atoms with Gasteiger partial charge >= 0.3 is 0 Å². The third-order valence-electron chi connectivity index (χ3n) is 5.63. The fourth-order valence-corrected chi connectivity index (χ4v) is 3.93. The Kier molecular flexibility index (Phi) is 5.12. The average molecular weight is 369 g/mol. The third-order valence-corrected chi connectivity index (χ3v) is 5.63. The highest BCUT2D eigenvalue weighted by molar-refractivity contribution is 5.98. The molecule has 0 unspecified atom stereocenters. The van der Waals surface area contributed by atoms with Crippen molar-refractivity contribution in [3.8, 4) is 11.5 Å². The van der Waals surface area contributed by atoms with Gasteiger partial charge in [-0.25, -0.2) is 4.39 Å². The number of nitrogens with zero attached hydrogens (tertiary/aromatic N) is 1. The number of ketones is 1. The number of Topliss-reactive ketones (excluding diaryl/α,β-unsaturated/α-hetero) is 1. The molecular weight excluding hydrogens is 345 g/mol. The van der Waals surface area contributed by atoms with Crippen molar-refractivity contribution in [2.75, 3.05) is 26.3 Å². The molecule has 142 valence electrons. The first-order valence-corrected chi connectivity index (χ1v) is 9.55. The van der Waals surface area contributed by atoms with Crippen LogP contribution in [0.25, 0.3) is 0 Å². The minimum atomic E-state index is -0.213.